The van der Waals surface area contributed by atoms with Crippen molar-refractivity contribution in [2.45, 2.75) is 354 Å². The highest BCUT2D eigenvalue weighted by Gasteiger charge is 2.30. The van der Waals surface area contributed by atoms with Crippen LogP contribution >= 0.6 is 15.6 Å². The fourth-order valence-corrected chi connectivity index (χ4v) is 11.9. The van der Waals surface area contributed by atoms with Crippen molar-refractivity contribution < 1.29 is 80.2 Å². The Morgan fingerprint density at radius 2 is 0.542 bits per heavy atom. The molecule has 0 rings (SSSR count). The van der Waals surface area contributed by atoms with Gasteiger partial charge in [0, 0.05) is 25.7 Å². The van der Waals surface area contributed by atoms with Gasteiger partial charge in [-0.15, -0.1) is 0 Å². The van der Waals surface area contributed by atoms with Gasteiger partial charge in [-0.1, -0.05) is 268 Å². The normalized spacial score (nSPS) is 14.4. The summed E-state index contributed by atoms with van der Waals surface area (Å²) in [5.74, 6) is -2.22. The summed E-state index contributed by atoms with van der Waals surface area (Å²) in [5.41, 5.74) is 0. The molecule has 0 aromatic rings. The summed E-state index contributed by atoms with van der Waals surface area (Å²) in [6, 6.07) is 0. The lowest BCUT2D eigenvalue weighted by Crippen LogP contribution is -2.30. The molecule has 0 bridgehead atoms. The zero-order valence-electron chi connectivity index (χ0n) is 60.8. The van der Waals surface area contributed by atoms with Gasteiger partial charge >= 0.3 is 39.5 Å². The largest absolute Gasteiger partial charge is 0.472 e. The summed E-state index contributed by atoms with van der Waals surface area (Å²) >= 11 is 0. The van der Waals surface area contributed by atoms with Crippen molar-refractivity contribution in [3.63, 3.8) is 0 Å². The first-order valence-corrected chi connectivity index (χ1v) is 41.2. The lowest BCUT2D eigenvalue weighted by molar-refractivity contribution is -0.161. The van der Waals surface area contributed by atoms with Crippen LogP contribution < -0.4 is 0 Å². The smallest absolute Gasteiger partial charge is 0.462 e. The first kappa shape index (κ1) is 92.5. The quantitative estimate of drug-likeness (QED) is 0.0169. The molecule has 0 fully saturated rings. The van der Waals surface area contributed by atoms with Crippen LogP contribution in [0.4, 0.5) is 0 Å². The third-order valence-electron chi connectivity index (χ3n) is 16.2. The number of carbonyl (C=O) groups excluding carboxylic acids is 4. The molecule has 96 heavy (non-hydrogen) atoms. The Hall–Kier alpha value is -3.50. The molecule has 0 radical (unpaired) electrons. The van der Waals surface area contributed by atoms with Crippen molar-refractivity contribution in [2.75, 3.05) is 39.6 Å². The second kappa shape index (κ2) is 70.0. The second-order valence-corrected chi connectivity index (χ2v) is 28.5. The minimum Gasteiger partial charge on any atom is -0.462 e. The summed E-state index contributed by atoms with van der Waals surface area (Å²) < 4.78 is 68.4. The van der Waals surface area contributed by atoms with Gasteiger partial charge in [-0.2, -0.15) is 0 Å². The van der Waals surface area contributed by atoms with Crippen molar-refractivity contribution in [1.29, 1.82) is 0 Å². The topological polar surface area (TPSA) is 237 Å². The van der Waals surface area contributed by atoms with Gasteiger partial charge in [0.2, 0.25) is 0 Å². The third kappa shape index (κ3) is 69.0. The number of hydrogen-bond donors (Lipinski definition) is 3. The standard InChI is InChI=1S/C77H138O17P2/c1-5-9-13-17-21-25-29-33-35-39-42-46-50-54-58-62-75(80)88-68-73(94-77(82)64-60-56-52-48-44-40-36-34-30-26-22-18-14-10-6-2)70-92-96(85,86)90-66-71(78)65-89-95(83,84)91-69-72(93-76(81)63-59-55-51-47-43-38-32-28-24-20-16-12-8-4)67-87-74(79)61-57-53-49-45-41-37-31-27-23-19-15-11-7-3/h9,13,21,25,27,31,33-36,42,46,71-73,78H,5-8,10-12,14-20,22-24,26,28-30,32,37-41,43-45,47-70H2,1-4H3,(H,83,84)(H,85,86)/b13-9-,25-21-,31-27-,35-33-,36-34-,46-42-. The number of esters is 4. The van der Waals surface area contributed by atoms with Gasteiger partial charge in [0.1, 0.15) is 19.3 Å². The predicted molar refractivity (Wildman–Crippen MR) is 390 cm³/mol. The number of phosphoric ester groups is 2. The van der Waals surface area contributed by atoms with E-state index in [0.29, 0.717) is 25.7 Å². The Bertz CT molecular complexity index is 2110. The molecule has 0 amide bonds. The number of ether oxygens (including phenoxy) is 4. The fraction of sp³-hybridized carbons (Fsp3) is 0.792. The highest BCUT2D eigenvalue weighted by molar-refractivity contribution is 7.47. The molecule has 17 nitrogen and oxygen atoms in total. The van der Waals surface area contributed by atoms with Crippen LogP contribution in [0.1, 0.15) is 336 Å². The molecular weight excluding hydrogens is 1260 g/mol. The molecule has 0 saturated heterocycles. The van der Waals surface area contributed by atoms with Crippen LogP contribution in [0.3, 0.4) is 0 Å². The van der Waals surface area contributed by atoms with Crippen LogP contribution in [-0.4, -0.2) is 96.7 Å². The maximum Gasteiger partial charge on any atom is 0.472 e. The van der Waals surface area contributed by atoms with Gasteiger partial charge in [-0.25, -0.2) is 9.13 Å². The van der Waals surface area contributed by atoms with Crippen LogP contribution in [-0.2, 0) is 65.4 Å². The molecule has 0 aliphatic carbocycles. The summed E-state index contributed by atoms with van der Waals surface area (Å²) in [4.78, 5) is 72.8. The zero-order valence-corrected chi connectivity index (χ0v) is 62.6. The van der Waals surface area contributed by atoms with Gasteiger partial charge in [0.05, 0.1) is 26.4 Å². The maximum absolute atomic E-state index is 13.1. The molecule has 0 saturated carbocycles. The van der Waals surface area contributed by atoms with E-state index in [0.717, 1.165) is 141 Å². The Morgan fingerprint density at radius 3 is 0.875 bits per heavy atom. The highest BCUT2D eigenvalue weighted by Crippen LogP contribution is 2.45. The maximum atomic E-state index is 13.1. The van der Waals surface area contributed by atoms with E-state index in [9.17, 15) is 43.2 Å². The van der Waals surface area contributed by atoms with E-state index in [-0.39, 0.29) is 25.7 Å². The molecule has 19 heteroatoms. The Kier molecular flexibility index (Phi) is 67.4. The summed E-state index contributed by atoms with van der Waals surface area (Å²) in [6.07, 6.45) is 68.9. The van der Waals surface area contributed by atoms with E-state index in [1.807, 2.05) is 0 Å². The van der Waals surface area contributed by atoms with Crippen LogP contribution in [0, 0.1) is 0 Å². The van der Waals surface area contributed by atoms with Gasteiger partial charge in [-0.05, 0) is 116 Å². The average Bonchev–Trinajstić information content (AvgIpc) is 1.36. The lowest BCUT2D eigenvalue weighted by atomic mass is 10.0. The molecule has 0 aromatic carbocycles. The number of phosphoric acid groups is 2. The molecule has 5 atom stereocenters. The highest BCUT2D eigenvalue weighted by atomic mass is 31.2. The summed E-state index contributed by atoms with van der Waals surface area (Å²) in [6.45, 7) is 4.71. The molecule has 3 N–H and O–H groups in total. The predicted octanol–water partition coefficient (Wildman–Crippen LogP) is 21.7. The average molecular weight is 1400 g/mol. The minimum absolute atomic E-state index is 0.0782. The fourth-order valence-electron chi connectivity index (χ4n) is 10.3. The van der Waals surface area contributed by atoms with Crippen molar-refractivity contribution in [3.05, 3.63) is 72.9 Å². The van der Waals surface area contributed by atoms with Crippen molar-refractivity contribution >= 4 is 39.5 Å². The zero-order chi connectivity index (χ0) is 70.4. The van der Waals surface area contributed by atoms with E-state index in [2.05, 4.69) is 101 Å². The Morgan fingerprint density at radius 1 is 0.302 bits per heavy atom. The van der Waals surface area contributed by atoms with Crippen molar-refractivity contribution in [3.8, 4) is 0 Å². The van der Waals surface area contributed by atoms with E-state index in [1.165, 1.54) is 116 Å². The monoisotopic (exact) mass is 1400 g/mol. The third-order valence-corrected chi connectivity index (χ3v) is 18.1. The molecule has 0 aliphatic rings. The molecule has 0 aromatic heterocycles. The van der Waals surface area contributed by atoms with Crippen molar-refractivity contribution in [1.82, 2.24) is 0 Å². The summed E-state index contributed by atoms with van der Waals surface area (Å²) in [7, 11) is -9.95. The number of aliphatic hydroxyl groups excluding tert-OH is 1. The SMILES string of the molecule is CC/C=C\C/C=C\C/C=C\C/C=C\CCCCC(=O)OCC(COP(=O)(O)OCC(O)COP(=O)(O)OCC(COC(=O)CCCCCCC/C=C\CCCCCC)OC(=O)CCCCCCCCCCCCCCC)OC(=O)CCCCCCC/C=C\CCCCCCCC. The number of rotatable bonds is 72. The minimum atomic E-state index is -4.98. The lowest BCUT2D eigenvalue weighted by Gasteiger charge is -2.21. The first-order chi connectivity index (χ1) is 46.7. The number of allylic oxidation sites excluding steroid dienone is 12. The van der Waals surface area contributed by atoms with Gasteiger partial charge in [0.15, 0.2) is 12.2 Å². The van der Waals surface area contributed by atoms with Gasteiger partial charge < -0.3 is 33.8 Å². The second-order valence-electron chi connectivity index (χ2n) is 25.6. The number of aliphatic hydroxyl groups is 1. The van der Waals surface area contributed by atoms with Crippen LogP contribution in [0.5, 0.6) is 0 Å². The number of hydrogen-bond acceptors (Lipinski definition) is 15. The molecule has 5 unspecified atom stereocenters. The molecule has 0 spiro atoms. The Labute approximate surface area is 583 Å². The first-order valence-electron chi connectivity index (χ1n) is 38.2. The van der Waals surface area contributed by atoms with Gasteiger partial charge in [0.25, 0.3) is 0 Å². The van der Waals surface area contributed by atoms with E-state index < -0.39 is 97.5 Å². The van der Waals surface area contributed by atoms with E-state index in [4.69, 9.17) is 37.0 Å². The van der Waals surface area contributed by atoms with Crippen LogP contribution in [0.25, 0.3) is 0 Å². The van der Waals surface area contributed by atoms with E-state index >= 15 is 0 Å². The number of carbonyl (C=O) groups is 4. The molecular formula is C77H138O17P2. The van der Waals surface area contributed by atoms with Crippen molar-refractivity contribution in [2.24, 2.45) is 0 Å². The van der Waals surface area contributed by atoms with E-state index in [1.54, 1.807) is 0 Å². The van der Waals surface area contributed by atoms with Crippen LogP contribution in [0.15, 0.2) is 72.9 Å². The van der Waals surface area contributed by atoms with Crippen LogP contribution in [0.2, 0.25) is 0 Å². The molecule has 0 heterocycles. The van der Waals surface area contributed by atoms with Gasteiger partial charge in [-0.3, -0.25) is 37.3 Å². The summed E-state index contributed by atoms with van der Waals surface area (Å²) in [5, 5.41) is 10.6. The molecule has 558 valence electrons. The number of unbranched alkanes of at least 4 members (excludes halogenated alkanes) is 34. The molecule has 0 aliphatic heterocycles. The Balaban J connectivity index is 5.36.